The van der Waals surface area contributed by atoms with Crippen molar-refractivity contribution in [1.82, 2.24) is 5.32 Å². The smallest absolute Gasteiger partial charge is 0.226 e. The van der Waals surface area contributed by atoms with Gasteiger partial charge in [0.2, 0.25) is 5.91 Å². The number of carbonyl (C=O) groups excluding carboxylic acids is 1. The summed E-state index contributed by atoms with van der Waals surface area (Å²) in [5, 5.41) is 2.65. The summed E-state index contributed by atoms with van der Waals surface area (Å²) >= 11 is 0. The number of rotatable bonds is 3. The summed E-state index contributed by atoms with van der Waals surface area (Å²) < 4.78 is 13.4. The molecule has 1 amide bonds. The fourth-order valence-electron chi connectivity index (χ4n) is 1.91. The van der Waals surface area contributed by atoms with E-state index in [0.717, 1.165) is 12.8 Å². The van der Waals surface area contributed by atoms with Gasteiger partial charge in [0.25, 0.3) is 0 Å². The molecule has 0 bridgehead atoms. The average molecular weight is 207 g/mol. The Bertz CT molecular complexity index is 385. The van der Waals surface area contributed by atoms with Crippen molar-refractivity contribution in [2.45, 2.75) is 19.3 Å². The Labute approximate surface area is 88.5 Å². The standard InChI is InChI=1S/C12H14FNO/c1-14-11(15)12(6-7-12)8-9-4-2-3-5-10(9)13/h2-5H,6-8H2,1H3,(H,14,15). The Morgan fingerprint density at radius 1 is 1.47 bits per heavy atom. The lowest BCUT2D eigenvalue weighted by atomic mass is 9.95. The summed E-state index contributed by atoms with van der Waals surface area (Å²) in [6.45, 7) is 0. The maximum Gasteiger partial charge on any atom is 0.226 e. The zero-order chi connectivity index (χ0) is 10.9. The molecule has 1 N–H and O–H groups in total. The van der Waals surface area contributed by atoms with Gasteiger partial charge in [-0.05, 0) is 30.9 Å². The quantitative estimate of drug-likeness (QED) is 0.805. The number of nitrogens with one attached hydrogen (secondary N) is 1. The Morgan fingerprint density at radius 3 is 2.67 bits per heavy atom. The van der Waals surface area contributed by atoms with Crippen molar-refractivity contribution in [1.29, 1.82) is 0 Å². The van der Waals surface area contributed by atoms with E-state index in [1.54, 1.807) is 25.2 Å². The Morgan fingerprint density at radius 2 is 2.13 bits per heavy atom. The van der Waals surface area contributed by atoms with Crippen LogP contribution in [0.3, 0.4) is 0 Å². The summed E-state index contributed by atoms with van der Waals surface area (Å²) in [5.74, 6) is -0.182. The fourth-order valence-corrected chi connectivity index (χ4v) is 1.91. The molecule has 0 heterocycles. The van der Waals surface area contributed by atoms with Gasteiger partial charge in [-0.25, -0.2) is 4.39 Å². The highest BCUT2D eigenvalue weighted by molar-refractivity contribution is 5.85. The normalized spacial score (nSPS) is 17.2. The minimum atomic E-state index is -0.336. The van der Waals surface area contributed by atoms with Crippen molar-refractivity contribution in [3.8, 4) is 0 Å². The van der Waals surface area contributed by atoms with Crippen LogP contribution in [-0.2, 0) is 11.2 Å². The number of amides is 1. The van der Waals surface area contributed by atoms with Crippen LogP contribution in [0.4, 0.5) is 4.39 Å². The first kappa shape index (κ1) is 10.1. The van der Waals surface area contributed by atoms with Gasteiger partial charge in [0.15, 0.2) is 0 Å². The van der Waals surface area contributed by atoms with Gasteiger partial charge >= 0.3 is 0 Å². The van der Waals surface area contributed by atoms with Crippen LogP contribution < -0.4 is 5.32 Å². The minimum absolute atomic E-state index is 0.0331. The molecule has 2 nitrogen and oxygen atoms in total. The molecule has 1 aromatic carbocycles. The third-order valence-electron chi connectivity index (χ3n) is 3.05. The van der Waals surface area contributed by atoms with Crippen molar-refractivity contribution >= 4 is 5.91 Å². The van der Waals surface area contributed by atoms with Gasteiger partial charge in [-0.3, -0.25) is 4.79 Å². The van der Waals surface area contributed by atoms with Crippen LogP contribution in [0.5, 0.6) is 0 Å². The van der Waals surface area contributed by atoms with Crippen LogP contribution in [0.25, 0.3) is 0 Å². The summed E-state index contributed by atoms with van der Waals surface area (Å²) in [6.07, 6.45) is 2.24. The van der Waals surface area contributed by atoms with Crippen molar-refractivity contribution in [2.24, 2.45) is 5.41 Å². The molecule has 3 heteroatoms. The van der Waals surface area contributed by atoms with E-state index in [2.05, 4.69) is 5.32 Å². The third-order valence-corrected chi connectivity index (χ3v) is 3.05. The molecule has 1 saturated carbocycles. The van der Waals surface area contributed by atoms with Crippen LogP contribution in [0.15, 0.2) is 24.3 Å². The molecule has 0 radical (unpaired) electrons. The first-order valence-corrected chi connectivity index (χ1v) is 5.13. The van der Waals surface area contributed by atoms with E-state index in [1.165, 1.54) is 6.07 Å². The van der Waals surface area contributed by atoms with E-state index in [9.17, 15) is 9.18 Å². The second-order valence-electron chi connectivity index (χ2n) is 4.13. The summed E-state index contributed by atoms with van der Waals surface area (Å²) in [6, 6.07) is 6.66. The van der Waals surface area contributed by atoms with E-state index in [-0.39, 0.29) is 17.1 Å². The Kier molecular flexibility index (Phi) is 2.47. The maximum absolute atomic E-state index is 13.4. The van der Waals surface area contributed by atoms with E-state index < -0.39 is 0 Å². The zero-order valence-electron chi connectivity index (χ0n) is 8.72. The van der Waals surface area contributed by atoms with Gasteiger partial charge in [-0.1, -0.05) is 18.2 Å². The molecule has 15 heavy (non-hydrogen) atoms. The van der Waals surface area contributed by atoms with Crippen molar-refractivity contribution < 1.29 is 9.18 Å². The molecular weight excluding hydrogens is 193 g/mol. The Balaban J connectivity index is 2.16. The molecule has 2 rings (SSSR count). The summed E-state index contributed by atoms with van der Waals surface area (Å²) in [4.78, 5) is 11.6. The van der Waals surface area contributed by atoms with Crippen molar-refractivity contribution in [3.05, 3.63) is 35.6 Å². The first-order valence-electron chi connectivity index (χ1n) is 5.13. The molecule has 0 aromatic heterocycles. The van der Waals surface area contributed by atoms with Crippen molar-refractivity contribution in [2.75, 3.05) is 7.05 Å². The highest BCUT2D eigenvalue weighted by atomic mass is 19.1. The predicted octanol–water partition coefficient (Wildman–Crippen LogP) is 1.89. The molecule has 0 spiro atoms. The van der Waals surface area contributed by atoms with Crippen LogP contribution in [-0.4, -0.2) is 13.0 Å². The fraction of sp³-hybridized carbons (Fsp3) is 0.417. The second-order valence-corrected chi connectivity index (χ2v) is 4.13. The maximum atomic E-state index is 13.4. The second kappa shape index (κ2) is 3.65. The average Bonchev–Trinajstić information content (AvgIpc) is 3.01. The minimum Gasteiger partial charge on any atom is -0.359 e. The molecule has 1 aliphatic carbocycles. The van der Waals surface area contributed by atoms with Gasteiger partial charge < -0.3 is 5.32 Å². The molecule has 1 fully saturated rings. The van der Waals surface area contributed by atoms with E-state index in [0.29, 0.717) is 12.0 Å². The predicted molar refractivity (Wildman–Crippen MR) is 55.8 cm³/mol. The van der Waals surface area contributed by atoms with E-state index >= 15 is 0 Å². The van der Waals surface area contributed by atoms with Crippen LogP contribution >= 0.6 is 0 Å². The molecule has 1 aromatic rings. The van der Waals surface area contributed by atoms with Gasteiger partial charge in [-0.15, -0.1) is 0 Å². The highest BCUT2D eigenvalue weighted by Gasteiger charge is 2.49. The summed E-state index contributed by atoms with van der Waals surface area (Å²) in [5.41, 5.74) is 0.301. The molecular formula is C12H14FNO. The number of carbonyl (C=O) groups is 1. The lowest BCUT2D eigenvalue weighted by Crippen LogP contribution is -2.30. The zero-order valence-corrected chi connectivity index (χ0v) is 8.72. The first-order chi connectivity index (χ1) is 7.18. The lowest BCUT2D eigenvalue weighted by Gasteiger charge is -2.13. The molecule has 80 valence electrons. The number of benzene rings is 1. The Hall–Kier alpha value is -1.38. The van der Waals surface area contributed by atoms with Gasteiger partial charge in [0.05, 0.1) is 5.41 Å². The van der Waals surface area contributed by atoms with Gasteiger partial charge in [0, 0.05) is 7.05 Å². The molecule has 0 aliphatic heterocycles. The number of hydrogen-bond acceptors (Lipinski definition) is 1. The van der Waals surface area contributed by atoms with Crippen LogP contribution in [0, 0.1) is 11.2 Å². The largest absolute Gasteiger partial charge is 0.359 e. The van der Waals surface area contributed by atoms with Crippen LogP contribution in [0.1, 0.15) is 18.4 Å². The number of halogens is 1. The van der Waals surface area contributed by atoms with E-state index in [1.807, 2.05) is 0 Å². The van der Waals surface area contributed by atoms with Crippen molar-refractivity contribution in [3.63, 3.8) is 0 Å². The third kappa shape index (κ3) is 1.87. The lowest BCUT2D eigenvalue weighted by molar-refractivity contribution is -0.125. The molecule has 0 saturated heterocycles. The topological polar surface area (TPSA) is 29.1 Å². The molecule has 0 unspecified atom stereocenters. The molecule has 0 atom stereocenters. The monoisotopic (exact) mass is 207 g/mol. The molecule has 1 aliphatic rings. The summed E-state index contributed by atoms with van der Waals surface area (Å²) in [7, 11) is 1.63. The SMILES string of the molecule is CNC(=O)C1(Cc2ccccc2F)CC1. The number of hydrogen-bond donors (Lipinski definition) is 1. The highest BCUT2D eigenvalue weighted by Crippen LogP contribution is 2.48. The van der Waals surface area contributed by atoms with Gasteiger partial charge in [0.1, 0.15) is 5.82 Å². The van der Waals surface area contributed by atoms with Gasteiger partial charge in [-0.2, -0.15) is 0 Å². The van der Waals surface area contributed by atoms with Crippen LogP contribution in [0.2, 0.25) is 0 Å². The van der Waals surface area contributed by atoms with E-state index in [4.69, 9.17) is 0 Å².